The molecule has 176 valence electrons. The van der Waals surface area contributed by atoms with Crippen molar-refractivity contribution < 1.29 is 9.53 Å². The normalized spacial score (nSPS) is 11.0. The van der Waals surface area contributed by atoms with Crippen molar-refractivity contribution in [3.05, 3.63) is 94.8 Å². The number of aryl methyl sites for hydroxylation is 2. The molecule has 0 fully saturated rings. The topological polar surface area (TPSA) is 56.2 Å². The zero-order valence-electron chi connectivity index (χ0n) is 19.5. The van der Waals surface area contributed by atoms with Crippen LogP contribution in [0.3, 0.4) is 0 Å². The van der Waals surface area contributed by atoms with E-state index in [-0.39, 0.29) is 5.91 Å². The summed E-state index contributed by atoms with van der Waals surface area (Å²) >= 11 is 6.21. The zero-order chi connectivity index (χ0) is 23.8. The molecule has 0 bridgehead atoms. The quantitative estimate of drug-likeness (QED) is 0.262. The van der Waals surface area contributed by atoms with Crippen LogP contribution in [-0.4, -0.2) is 28.6 Å². The van der Waals surface area contributed by atoms with Crippen molar-refractivity contribution in [2.24, 2.45) is 0 Å². The van der Waals surface area contributed by atoms with E-state index in [1.54, 1.807) is 0 Å². The van der Waals surface area contributed by atoms with Gasteiger partial charge in [-0.2, -0.15) is 0 Å². The molecule has 1 aromatic heterocycles. The molecule has 0 radical (unpaired) electrons. The average Bonchev–Trinajstić information content (AvgIpc) is 3.20. The van der Waals surface area contributed by atoms with E-state index >= 15 is 0 Å². The van der Waals surface area contributed by atoms with Gasteiger partial charge in [-0.15, -0.1) is 0 Å². The van der Waals surface area contributed by atoms with E-state index in [1.807, 2.05) is 73.7 Å². The van der Waals surface area contributed by atoms with Gasteiger partial charge in [-0.1, -0.05) is 60.5 Å². The number of benzene rings is 3. The summed E-state index contributed by atoms with van der Waals surface area (Å²) in [5.41, 5.74) is 3.86. The van der Waals surface area contributed by atoms with E-state index in [1.165, 1.54) is 0 Å². The van der Waals surface area contributed by atoms with Crippen LogP contribution in [0.1, 0.15) is 41.0 Å². The fourth-order valence-electron chi connectivity index (χ4n) is 4.08. The third-order valence-corrected chi connectivity index (χ3v) is 6.21. The van der Waals surface area contributed by atoms with Gasteiger partial charge < -0.3 is 14.6 Å². The number of para-hydroxylation sites is 3. The summed E-state index contributed by atoms with van der Waals surface area (Å²) in [6.45, 7) is 3.85. The molecule has 0 aliphatic carbocycles. The number of carbonyl (C=O) groups excluding carboxylic acids is 1. The fourth-order valence-corrected chi connectivity index (χ4v) is 4.27. The van der Waals surface area contributed by atoms with Gasteiger partial charge in [-0.25, -0.2) is 4.98 Å². The minimum atomic E-state index is -0.00147. The molecule has 0 aliphatic heterocycles. The maximum atomic E-state index is 12.3. The van der Waals surface area contributed by atoms with Gasteiger partial charge >= 0.3 is 0 Å². The van der Waals surface area contributed by atoms with Crippen LogP contribution >= 0.6 is 11.6 Å². The number of carbonyl (C=O) groups is 1. The molecule has 1 amide bonds. The van der Waals surface area contributed by atoms with Crippen LogP contribution in [0.25, 0.3) is 11.0 Å². The van der Waals surface area contributed by atoms with Gasteiger partial charge in [0.05, 0.1) is 22.6 Å². The largest absolute Gasteiger partial charge is 0.490 e. The Bertz CT molecular complexity index is 1250. The maximum absolute atomic E-state index is 12.3. The van der Waals surface area contributed by atoms with E-state index in [2.05, 4.69) is 16.0 Å². The van der Waals surface area contributed by atoms with E-state index in [0.29, 0.717) is 30.5 Å². The molecule has 0 spiro atoms. The van der Waals surface area contributed by atoms with Gasteiger partial charge in [0.1, 0.15) is 18.2 Å². The minimum absolute atomic E-state index is 0.00147. The number of nitrogens with one attached hydrogen (secondary N) is 1. The van der Waals surface area contributed by atoms with Crippen LogP contribution < -0.4 is 10.1 Å². The molecule has 1 N–H and O–H groups in total. The number of nitrogens with zero attached hydrogens (tertiary/aromatic N) is 2. The number of rotatable bonds is 11. The van der Waals surface area contributed by atoms with Crippen LogP contribution in [0.4, 0.5) is 0 Å². The predicted octanol–water partition coefficient (Wildman–Crippen LogP) is 6.22. The molecule has 0 unspecified atom stereocenters. The van der Waals surface area contributed by atoms with Gasteiger partial charge in [0.15, 0.2) is 0 Å². The molecule has 4 aromatic rings. The summed E-state index contributed by atoms with van der Waals surface area (Å²) in [6, 6.07) is 23.4. The summed E-state index contributed by atoms with van der Waals surface area (Å²) in [6.07, 6.45) is 3.85. The van der Waals surface area contributed by atoms with Crippen molar-refractivity contribution in [2.45, 2.75) is 39.2 Å². The first-order valence-electron chi connectivity index (χ1n) is 11.8. The highest BCUT2D eigenvalue weighted by atomic mass is 35.5. The Labute approximate surface area is 205 Å². The first-order valence-corrected chi connectivity index (χ1v) is 12.2. The van der Waals surface area contributed by atoms with Crippen molar-refractivity contribution >= 4 is 28.5 Å². The Hall–Kier alpha value is -3.31. The van der Waals surface area contributed by atoms with Gasteiger partial charge in [0.2, 0.25) is 0 Å². The number of fused-ring (bicyclic) bond motifs is 1. The van der Waals surface area contributed by atoms with Crippen molar-refractivity contribution in [3.8, 4) is 5.75 Å². The number of aromatic nitrogens is 2. The Balaban J connectivity index is 1.28. The van der Waals surface area contributed by atoms with Crippen molar-refractivity contribution in [1.82, 2.24) is 14.9 Å². The first-order chi connectivity index (χ1) is 16.6. The number of amides is 1. The monoisotopic (exact) mass is 475 g/mol. The van der Waals surface area contributed by atoms with Gasteiger partial charge in [-0.3, -0.25) is 4.79 Å². The van der Waals surface area contributed by atoms with Gasteiger partial charge in [-0.05, 0) is 55.7 Å². The molecule has 6 heteroatoms. The number of imidazole rings is 1. The minimum Gasteiger partial charge on any atom is -0.490 e. The maximum Gasteiger partial charge on any atom is 0.251 e. The SMILES string of the molecule is Cc1ccccc1C(=O)NCCCCCc1nc2ccccc2n1CCOc1ccccc1Cl. The van der Waals surface area contributed by atoms with E-state index < -0.39 is 0 Å². The lowest BCUT2D eigenvalue weighted by Crippen LogP contribution is -2.25. The zero-order valence-corrected chi connectivity index (χ0v) is 20.2. The number of hydrogen-bond acceptors (Lipinski definition) is 3. The molecule has 5 nitrogen and oxygen atoms in total. The molecular weight excluding hydrogens is 446 g/mol. The molecule has 0 aliphatic rings. The van der Waals surface area contributed by atoms with Crippen LogP contribution in [0.5, 0.6) is 5.75 Å². The summed E-state index contributed by atoms with van der Waals surface area (Å²) in [5, 5.41) is 3.65. The molecule has 0 atom stereocenters. The highest BCUT2D eigenvalue weighted by molar-refractivity contribution is 6.32. The predicted molar refractivity (Wildman–Crippen MR) is 138 cm³/mol. The lowest BCUT2D eigenvalue weighted by atomic mass is 10.1. The summed E-state index contributed by atoms with van der Waals surface area (Å²) in [5.74, 6) is 1.76. The number of hydrogen-bond donors (Lipinski definition) is 1. The smallest absolute Gasteiger partial charge is 0.251 e. The Kier molecular flexibility index (Phi) is 8.21. The standard InChI is InChI=1S/C28H30ClN3O2/c1-21-11-4-5-12-22(21)28(33)30-18-10-2-3-17-27-31-24-14-7-8-15-25(24)32(27)19-20-34-26-16-9-6-13-23(26)29/h4-9,11-16H,2-3,10,17-20H2,1H3,(H,30,33). The second-order valence-electron chi connectivity index (χ2n) is 8.33. The number of halogens is 1. The second-order valence-corrected chi connectivity index (χ2v) is 8.74. The molecular formula is C28H30ClN3O2. The van der Waals surface area contributed by atoms with Crippen LogP contribution in [0.2, 0.25) is 5.02 Å². The van der Waals surface area contributed by atoms with Crippen LogP contribution in [0, 0.1) is 6.92 Å². The Morgan fingerprint density at radius 1 is 0.971 bits per heavy atom. The first kappa shape index (κ1) is 23.8. The average molecular weight is 476 g/mol. The molecule has 34 heavy (non-hydrogen) atoms. The summed E-state index contributed by atoms with van der Waals surface area (Å²) in [7, 11) is 0. The Morgan fingerprint density at radius 2 is 1.74 bits per heavy atom. The fraction of sp³-hybridized carbons (Fsp3) is 0.286. The highest BCUT2D eigenvalue weighted by Gasteiger charge is 2.11. The molecule has 0 saturated carbocycles. The summed E-state index contributed by atoms with van der Waals surface area (Å²) in [4.78, 5) is 17.2. The summed E-state index contributed by atoms with van der Waals surface area (Å²) < 4.78 is 8.16. The van der Waals surface area contributed by atoms with Crippen LogP contribution in [-0.2, 0) is 13.0 Å². The lowest BCUT2D eigenvalue weighted by Gasteiger charge is -2.12. The van der Waals surface area contributed by atoms with E-state index in [0.717, 1.165) is 53.7 Å². The molecule has 1 heterocycles. The van der Waals surface area contributed by atoms with Crippen molar-refractivity contribution in [3.63, 3.8) is 0 Å². The van der Waals surface area contributed by atoms with Crippen molar-refractivity contribution in [2.75, 3.05) is 13.2 Å². The third-order valence-electron chi connectivity index (χ3n) is 5.90. The number of unbranched alkanes of at least 4 members (excludes halogenated alkanes) is 2. The molecule has 0 saturated heterocycles. The second kappa shape index (κ2) is 11.7. The number of ether oxygens (including phenoxy) is 1. The van der Waals surface area contributed by atoms with Gasteiger partial charge in [0, 0.05) is 18.5 Å². The van der Waals surface area contributed by atoms with Crippen LogP contribution in [0.15, 0.2) is 72.8 Å². The molecule has 4 rings (SSSR count). The highest BCUT2D eigenvalue weighted by Crippen LogP contribution is 2.23. The third kappa shape index (κ3) is 5.97. The van der Waals surface area contributed by atoms with Gasteiger partial charge in [0.25, 0.3) is 5.91 Å². The van der Waals surface area contributed by atoms with Crippen molar-refractivity contribution in [1.29, 1.82) is 0 Å². The van der Waals surface area contributed by atoms with E-state index in [4.69, 9.17) is 21.3 Å². The molecule has 3 aromatic carbocycles. The lowest BCUT2D eigenvalue weighted by molar-refractivity contribution is 0.0952. The van der Waals surface area contributed by atoms with E-state index in [9.17, 15) is 4.79 Å². The Morgan fingerprint density at radius 3 is 2.59 bits per heavy atom.